The third kappa shape index (κ3) is 7.59. The van der Waals surface area contributed by atoms with Crippen molar-refractivity contribution in [1.82, 2.24) is 19.3 Å². The van der Waals surface area contributed by atoms with Crippen molar-refractivity contribution in [3.05, 3.63) is 120 Å². The Bertz CT molecular complexity index is 1930. The Morgan fingerprint density at radius 1 is 0.936 bits per heavy atom. The third-order valence-corrected chi connectivity index (χ3v) is 9.79. The average Bonchev–Trinajstić information content (AvgIpc) is 3.11. The molecule has 1 saturated heterocycles. The van der Waals surface area contributed by atoms with E-state index in [1.54, 1.807) is 53.8 Å². The number of sulfonamides is 1. The van der Waals surface area contributed by atoms with Gasteiger partial charge in [0.2, 0.25) is 10.0 Å². The second kappa shape index (κ2) is 14.3. The molecule has 2 N–H and O–H groups in total. The number of carboxylic acids is 1. The predicted octanol–water partition coefficient (Wildman–Crippen LogP) is 6.40. The highest BCUT2D eigenvalue weighted by Gasteiger charge is 2.40. The summed E-state index contributed by atoms with van der Waals surface area (Å²) in [6.07, 6.45) is 4.57. The minimum Gasteiger partial charge on any atom is -0.674 e. The van der Waals surface area contributed by atoms with Crippen LogP contribution in [-0.2, 0) is 27.3 Å². The third-order valence-electron chi connectivity index (χ3n) is 7.86. The van der Waals surface area contributed by atoms with Crippen LogP contribution in [0.4, 0.5) is 14.6 Å². The van der Waals surface area contributed by atoms with Crippen LogP contribution in [0.15, 0.2) is 108 Å². The molecule has 1 aliphatic rings. The molecule has 0 aliphatic carbocycles. The smallest absolute Gasteiger partial charge is 0.323 e. The zero-order valence-corrected chi connectivity index (χ0v) is 26.3. The second-order valence-electron chi connectivity index (χ2n) is 10.8. The normalized spacial score (nSPS) is 15.6. The van der Waals surface area contributed by atoms with E-state index in [4.69, 9.17) is 5.73 Å². The van der Waals surface area contributed by atoms with Crippen LogP contribution >= 0.6 is 0 Å². The summed E-state index contributed by atoms with van der Waals surface area (Å²) in [7, 11) is -4.01. The van der Waals surface area contributed by atoms with Crippen LogP contribution in [0.3, 0.4) is 0 Å². The van der Waals surface area contributed by atoms with Crippen LogP contribution in [-0.4, -0.2) is 64.4 Å². The highest BCUT2D eigenvalue weighted by atomic mass is 32.2. The predicted molar refractivity (Wildman–Crippen MR) is 175 cm³/mol. The first-order valence-electron chi connectivity index (χ1n) is 14.9. The van der Waals surface area contributed by atoms with E-state index in [1.807, 2.05) is 30.3 Å². The van der Waals surface area contributed by atoms with E-state index in [0.717, 1.165) is 21.0 Å². The number of carboxylic acid groups (broad SMARTS) is 1. The van der Waals surface area contributed by atoms with Crippen molar-refractivity contribution in [2.24, 2.45) is 0 Å². The van der Waals surface area contributed by atoms with Gasteiger partial charge in [-0.25, -0.2) is 27.2 Å². The highest BCUT2D eigenvalue weighted by Crippen LogP contribution is 2.31. The highest BCUT2D eigenvalue weighted by molar-refractivity contribution is 7.89. The van der Waals surface area contributed by atoms with Gasteiger partial charge in [-0.1, -0.05) is 79.2 Å². The summed E-state index contributed by atoms with van der Waals surface area (Å²) in [4.78, 5) is 26.8. The number of aliphatic carboxylic acids is 1. The van der Waals surface area contributed by atoms with Gasteiger partial charge in [0.1, 0.15) is 17.4 Å². The monoisotopic (exact) mass is 659 g/mol. The first kappa shape index (κ1) is 33.5. The maximum Gasteiger partial charge on any atom is 0.323 e. The van der Waals surface area contributed by atoms with Gasteiger partial charge in [-0.2, -0.15) is 4.31 Å². The van der Waals surface area contributed by atoms with Gasteiger partial charge in [-0.3, -0.25) is 9.78 Å². The number of anilines is 1. The molecule has 47 heavy (non-hydrogen) atoms. The van der Waals surface area contributed by atoms with Gasteiger partial charge in [0.05, 0.1) is 22.8 Å². The molecule has 0 bridgehead atoms. The van der Waals surface area contributed by atoms with Crippen molar-refractivity contribution < 1.29 is 27.1 Å². The molecular weight excluding hydrogens is 626 g/mol. The molecular formula is C34H33F2N6O4S-. The summed E-state index contributed by atoms with van der Waals surface area (Å²) in [6.45, 7) is 1.85. The average molecular weight is 660 g/mol. The minimum absolute atomic E-state index is 0.00972. The number of nitrogens with one attached hydrogen (secondary N) is 1. The Balaban J connectivity index is 0.000000281. The lowest BCUT2D eigenvalue weighted by molar-refractivity contribution is -0.141. The lowest BCUT2D eigenvalue weighted by Crippen LogP contribution is -2.58. The minimum atomic E-state index is -4.01. The fourth-order valence-corrected chi connectivity index (χ4v) is 6.69. The van der Waals surface area contributed by atoms with Gasteiger partial charge in [0, 0.05) is 37.8 Å². The van der Waals surface area contributed by atoms with Gasteiger partial charge in [-0.15, -0.1) is 6.54 Å². The van der Waals surface area contributed by atoms with E-state index in [1.165, 1.54) is 31.2 Å². The first-order chi connectivity index (χ1) is 22.5. The number of piperazine rings is 1. The zero-order valence-electron chi connectivity index (χ0n) is 25.5. The fraction of sp³-hybridized carbons (Fsp3) is 0.235. The largest absolute Gasteiger partial charge is 0.674 e. The van der Waals surface area contributed by atoms with Crippen molar-refractivity contribution in [3.63, 3.8) is 0 Å². The molecule has 5 aromatic rings. The molecule has 1 atom stereocenters. The number of carbonyl (C=O) groups is 1. The van der Waals surface area contributed by atoms with E-state index < -0.39 is 28.0 Å². The number of rotatable bonds is 8. The van der Waals surface area contributed by atoms with Crippen molar-refractivity contribution in [1.29, 1.82) is 0 Å². The number of halogens is 2. The topological polar surface area (TPSA) is 140 Å². The number of nitrogens with zero attached hydrogens (tertiary/aromatic N) is 5. The SMILES string of the molecule is CCC(F)(F)c1ccc(C[NH-])cc1.O=C(O)[C@H]1CN(c2cnc3cnccc3n2)CCN1S(=O)(=O)c1ccc(-c2ccccc2)cc1. The van der Waals surface area contributed by atoms with Gasteiger partial charge < -0.3 is 15.7 Å². The molecule has 2 aromatic heterocycles. The summed E-state index contributed by atoms with van der Waals surface area (Å²) in [5, 5.41) is 9.87. The maximum absolute atomic E-state index is 13.4. The standard InChI is InChI=1S/C24H21N5O4S.C10H12F2N/c30-24(31)22-16-28(23-15-26-21-14-25-11-10-20(21)27-23)12-13-29(22)34(32,33)19-8-6-18(7-9-19)17-4-2-1-3-5-17;1-2-10(11,12)9-5-3-8(7-13)4-6-9/h1-11,14-15,22H,12-13,16H2,(H,30,31);3-6,13H,2,7H2,1H3/q;-1/t22-;/m1./s1. The number of hydrogen-bond donors (Lipinski definition) is 1. The second-order valence-corrected chi connectivity index (χ2v) is 12.7. The number of fused-ring (bicyclic) bond motifs is 1. The number of alkyl halides is 2. The lowest BCUT2D eigenvalue weighted by atomic mass is 10.0. The maximum atomic E-state index is 13.4. The summed E-state index contributed by atoms with van der Waals surface area (Å²) >= 11 is 0. The van der Waals surface area contributed by atoms with Gasteiger partial charge >= 0.3 is 5.97 Å². The van der Waals surface area contributed by atoms with Gasteiger partial charge in [0.15, 0.2) is 0 Å². The molecule has 244 valence electrons. The molecule has 1 aliphatic heterocycles. The van der Waals surface area contributed by atoms with E-state index in [9.17, 15) is 27.1 Å². The summed E-state index contributed by atoms with van der Waals surface area (Å²) in [6, 6.07) is 22.5. The van der Waals surface area contributed by atoms with E-state index in [2.05, 4.69) is 15.0 Å². The molecule has 0 radical (unpaired) electrons. The van der Waals surface area contributed by atoms with Gasteiger partial charge in [0.25, 0.3) is 5.92 Å². The molecule has 3 aromatic carbocycles. The molecule has 1 fully saturated rings. The molecule has 13 heteroatoms. The fourth-order valence-electron chi connectivity index (χ4n) is 5.12. The quantitative estimate of drug-likeness (QED) is 0.202. The summed E-state index contributed by atoms with van der Waals surface area (Å²) in [5.41, 5.74) is 10.9. The zero-order chi connectivity index (χ0) is 33.6. The van der Waals surface area contributed by atoms with E-state index in [-0.39, 0.29) is 43.1 Å². The number of pyridine rings is 1. The molecule has 3 heterocycles. The molecule has 6 rings (SSSR count). The number of benzene rings is 3. The van der Waals surface area contributed by atoms with Crippen LogP contribution in [0.2, 0.25) is 0 Å². The Morgan fingerprint density at radius 2 is 1.62 bits per heavy atom. The summed E-state index contributed by atoms with van der Waals surface area (Å²) in [5.74, 6) is -3.46. The Labute approximate surface area is 271 Å². The van der Waals surface area contributed by atoms with Crippen molar-refractivity contribution in [2.75, 3.05) is 24.5 Å². The van der Waals surface area contributed by atoms with Gasteiger partial charge in [-0.05, 0) is 29.3 Å². The van der Waals surface area contributed by atoms with E-state index in [0.29, 0.717) is 16.9 Å². The van der Waals surface area contributed by atoms with Crippen LogP contribution in [0.1, 0.15) is 24.5 Å². The molecule has 0 spiro atoms. The molecule has 0 unspecified atom stereocenters. The Hall–Kier alpha value is -4.85. The molecule has 0 saturated carbocycles. The summed E-state index contributed by atoms with van der Waals surface area (Å²) < 4.78 is 54.0. The van der Waals surface area contributed by atoms with Crippen molar-refractivity contribution in [2.45, 2.75) is 36.7 Å². The van der Waals surface area contributed by atoms with Crippen molar-refractivity contribution >= 4 is 32.8 Å². The number of hydrogen-bond acceptors (Lipinski definition) is 7. The van der Waals surface area contributed by atoms with Crippen LogP contribution in [0, 0.1) is 0 Å². The van der Waals surface area contributed by atoms with E-state index >= 15 is 0 Å². The molecule has 0 amide bonds. The molecule has 10 nitrogen and oxygen atoms in total. The Kier molecular flexibility index (Phi) is 10.2. The number of aromatic nitrogens is 3. The van der Waals surface area contributed by atoms with Crippen LogP contribution in [0.5, 0.6) is 0 Å². The van der Waals surface area contributed by atoms with Crippen molar-refractivity contribution in [3.8, 4) is 11.1 Å². The Morgan fingerprint density at radius 3 is 2.26 bits per heavy atom. The first-order valence-corrected chi connectivity index (χ1v) is 16.3. The van der Waals surface area contributed by atoms with Crippen LogP contribution in [0.25, 0.3) is 27.9 Å². The van der Waals surface area contributed by atoms with Crippen LogP contribution < -0.4 is 4.90 Å². The lowest BCUT2D eigenvalue weighted by Gasteiger charge is -2.38.